The monoisotopic (exact) mass is 497 g/mol. The average molecular weight is 498 g/mol. The second-order valence-corrected chi connectivity index (χ2v) is 9.23. The van der Waals surface area contributed by atoms with Gasteiger partial charge in [-0.3, -0.25) is 9.59 Å². The Balaban J connectivity index is 1.63. The van der Waals surface area contributed by atoms with Crippen LogP contribution in [-0.2, 0) is 16.1 Å². The maximum atomic E-state index is 13.3. The first kappa shape index (κ1) is 23.4. The van der Waals surface area contributed by atoms with Crippen LogP contribution < -0.4 is 9.47 Å². The first-order chi connectivity index (χ1) is 17.6. The Morgan fingerprint density at radius 1 is 0.917 bits per heavy atom. The Labute approximate surface area is 212 Å². The number of aliphatic hydroxyl groups excluding tert-OH is 1. The summed E-state index contributed by atoms with van der Waals surface area (Å²) in [7, 11) is 1.49. The predicted octanol–water partition coefficient (Wildman–Crippen LogP) is 6.17. The molecule has 3 aromatic carbocycles. The quantitative estimate of drug-likeness (QED) is 0.188. The molecule has 1 atom stereocenters. The number of hydrogen-bond donors (Lipinski definition) is 1. The van der Waals surface area contributed by atoms with Gasteiger partial charge in [0.25, 0.3) is 11.7 Å². The number of benzene rings is 3. The van der Waals surface area contributed by atoms with Crippen LogP contribution in [0, 0.1) is 0 Å². The van der Waals surface area contributed by atoms with Gasteiger partial charge in [0.15, 0.2) is 0 Å². The van der Waals surface area contributed by atoms with Crippen LogP contribution in [0.2, 0.25) is 0 Å². The van der Waals surface area contributed by atoms with Crippen LogP contribution in [0.4, 0.5) is 0 Å². The molecule has 7 heteroatoms. The van der Waals surface area contributed by atoms with Gasteiger partial charge in [0.2, 0.25) is 0 Å². The van der Waals surface area contributed by atoms with Crippen molar-refractivity contribution in [3.63, 3.8) is 0 Å². The van der Waals surface area contributed by atoms with Gasteiger partial charge >= 0.3 is 0 Å². The first-order valence-corrected chi connectivity index (χ1v) is 12.2. The molecule has 1 N–H and O–H groups in total. The molecule has 0 aliphatic carbocycles. The van der Waals surface area contributed by atoms with Crippen LogP contribution >= 0.6 is 11.3 Å². The van der Waals surface area contributed by atoms with Gasteiger partial charge in [-0.15, -0.1) is 11.3 Å². The third-order valence-electron chi connectivity index (χ3n) is 5.96. The van der Waals surface area contributed by atoms with E-state index >= 15 is 0 Å². The summed E-state index contributed by atoms with van der Waals surface area (Å²) in [5, 5.41) is 13.3. The van der Waals surface area contributed by atoms with E-state index in [-0.39, 0.29) is 17.9 Å². The summed E-state index contributed by atoms with van der Waals surface area (Å²) < 4.78 is 11.4. The Morgan fingerprint density at radius 2 is 1.67 bits per heavy atom. The van der Waals surface area contributed by atoms with Crippen molar-refractivity contribution < 1.29 is 24.2 Å². The molecular weight excluding hydrogens is 474 g/mol. The molecule has 1 aromatic heterocycles. The van der Waals surface area contributed by atoms with Crippen LogP contribution in [0.3, 0.4) is 0 Å². The number of ether oxygens (including phenoxy) is 2. The molecule has 1 unspecified atom stereocenters. The molecule has 0 saturated carbocycles. The van der Waals surface area contributed by atoms with Crippen LogP contribution in [0.25, 0.3) is 5.76 Å². The van der Waals surface area contributed by atoms with Crippen molar-refractivity contribution in [2.45, 2.75) is 12.6 Å². The Kier molecular flexibility index (Phi) is 6.56. The van der Waals surface area contributed by atoms with Gasteiger partial charge < -0.3 is 19.5 Å². The van der Waals surface area contributed by atoms with Gasteiger partial charge in [0, 0.05) is 4.88 Å². The van der Waals surface area contributed by atoms with Gasteiger partial charge in [0.05, 0.1) is 30.8 Å². The molecule has 0 spiro atoms. The molecule has 1 fully saturated rings. The number of amides is 1. The molecule has 6 nitrogen and oxygen atoms in total. The number of ketones is 1. The number of hydrogen-bond acceptors (Lipinski definition) is 6. The van der Waals surface area contributed by atoms with Crippen LogP contribution in [0.15, 0.2) is 102 Å². The number of nitrogens with zero attached hydrogens (tertiary/aromatic N) is 1. The van der Waals surface area contributed by atoms with Crippen LogP contribution in [0.5, 0.6) is 17.2 Å². The van der Waals surface area contributed by atoms with E-state index < -0.39 is 17.7 Å². The Bertz CT molecular complexity index is 1430. The van der Waals surface area contributed by atoms with Crippen molar-refractivity contribution in [3.8, 4) is 17.2 Å². The van der Waals surface area contributed by atoms with Crippen molar-refractivity contribution in [2.24, 2.45) is 0 Å². The topological polar surface area (TPSA) is 76.1 Å². The Hall–Kier alpha value is -4.36. The van der Waals surface area contributed by atoms with E-state index in [0.29, 0.717) is 28.4 Å². The van der Waals surface area contributed by atoms with Gasteiger partial charge in [-0.05, 0) is 53.4 Å². The lowest BCUT2D eigenvalue weighted by Gasteiger charge is -2.25. The minimum absolute atomic E-state index is 0.0120. The number of thiophene rings is 1. The molecule has 180 valence electrons. The molecule has 2 heterocycles. The summed E-state index contributed by atoms with van der Waals surface area (Å²) in [5.74, 6) is -0.0687. The molecular formula is C29H23NO5S. The third kappa shape index (κ3) is 4.48. The minimum Gasteiger partial charge on any atom is -0.507 e. The highest BCUT2D eigenvalue weighted by Crippen LogP contribution is 2.42. The maximum Gasteiger partial charge on any atom is 0.295 e. The molecule has 5 rings (SSSR count). The highest BCUT2D eigenvalue weighted by Gasteiger charge is 2.46. The summed E-state index contributed by atoms with van der Waals surface area (Å²) in [6.45, 7) is 0.235. The van der Waals surface area contributed by atoms with Crippen molar-refractivity contribution >= 4 is 28.8 Å². The van der Waals surface area contributed by atoms with E-state index in [9.17, 15) is 14.7 Å². The third-order valence-corrected chi connectivity index (χ3v) is 6.82. The SMILES string of the molecule is COc1ccccc1/C(O)=C1/C(=O)C(=O)N(Cc2cccs2)C1c1cccc(Oc2ccccc2)c1. The number of carbonyl (C=O) groups excluding carboxylic acids is 2. The van der Waals surface area contributed by atoms with Crippen LogP contribution in [-0.4, -0.2) is 28.8 Å². The van der Waals surface area contributed by atoms with Gasteiger partial charge in [-0.25, -0.2) is 0 Å². The number of para-hydroxylation sites is 2. The molecule has 4 aromatic rings. The predicted molar refractivity (Wildman–Crippen MR) is 138 cm³/mol. The van der Waals surface area contributed by atoms with E-state index in [1.54, 1.807) is 30.3 Å². The van der Waals surface area contributed by atoms with Crippen molar-refractivity contribution in [1.29, 1.82) is 0 Å². The van der Waals surface area contributed by atoms with E-state index in [0.717, 1.165) is 4.88 Å². The van der Waals surface area contributed by atoms with Gasteiger partial charge in [-0.1, -0.05) is 48.5 Å². The average Bonchev–Trinajstić information content (AvgIpc) is 3.51. The normalized spacial score (nSPS) is 16.8. The van der Waals surface area contributed by atoms with Gasteiger partial charge in [0.1, 0.15) is 23.0 Å². The molecule has 36 heavy (non-hydrogen) atoms. The number of carbonyl (C=O) groups is 2. The summed E-state index contributed by atoms with van der Waals surface area (Å²) in [5.41, 5.74) is 1.00. The fourth-order valence-electron chi connectivity index (χ4n) is 4.32. The largest absolute Gasteiger partial charge is 0.507 e. The minimum atomic E-state index is -0.809. The number of likely N-dealkylation sites (tertiary alicyclic amines) is 1. The number of aliphatic hydroxyl groups is 1. The lowest BCUT2D eigenvalue weighted by molar-refractivity contribution is -0.140. The van der Waals surface area contributed by atoms with Crippen molar-refractivity contribution in [2.75, 3.05) is 7.11 Å². The Morgan fingerprint density at radius 3 is 2.42 bits per heavy atom. The molecule has 1 amide bonds. The van der Waals surface area contributed by atoms with E-state index in [2.05, 4.69) is 0 Å². The van der Waals surface area contributed by atoms with Crippen LogP contribution in [0.1, 0.15) is 22.0 Å². The first-order valence-electron chi connectivity index (χ1n) is 11.3. The van der Waals surface area contributed by atoms with Gasteiger partial charge in [-0.2, -0.15) is 0 Å². The van der Waals surface area contributed by atoms with Crippen molar-refractivity contribution in [3.05, 3.63) is 118 Å². The standard InChI is InChI=1S/C29H23NO5S/c1-34-24-15-6-5-14-23(24)27(31)25-26(30(29(33)28(25)32)18-22-13-8-16-36-22)19-9-7-12-21(17-19)35-20-10-3-2-4-11-20/h2-17,26,31H,18H2,1H3/b27-25-. The second-order valence-electron chi connectivity index (χ2n) is 8.19. The van der Waals surface area contributed by atoms with Crippen molar-refractivity contribution in [1.82, 2.24) is 4.90 Å². The molecule has 1 aliphatic rings. The zero-order valence-electron chi connectivity index (χ0n) is 19.5. The highest BCUT2D eigenvalue weighted by atomic mass is 32.1. The zero-order chi connectivity index (χ0) is 25.1. The zero-order valence-corrected chi connectivity index (χ0v) is 20.3. The summed E-state index contributed by atoms with van der Waals surface area (Å²) >= 11 is 1.50. The summed E-state index contributed by atoms with van der Waals surface area (Å²) in [6.07, 6.45) is 0. The molecule has 0 radical (unpaired) electrons. The molecule has 1 aliphatic heterocycles. The fraction of sp³-hybridized carbons (Fsp3) is 0.103. The summed E-state index contributed by atoms with van der Waals surface area (Å²) in [4.78, 5) is 29.0. The lowest BCUT2D eigenvalue weighted by atomic mass is 9.95. The number of Topliss-reactive ketones (excluding diaryl/α,β-unsaturated/α-hetero) is 1. The van der Waals surface area contributed by atoms with E-state index in [1.807, 2.05) is 66.0 Å². The molecule has 0 bridgehead atoms. The molecule has 1 saturated heterocycles. The van der Waals surface area contributed by atoms with E-state index in [1.165, 1.54) is 23.3 Å². The second kappa shape index (κ2) is 10.1. The number of methoxy groups -OCH3 is 1. The highest BCUT2D eigenvalue weighted by molar-refractivity contribution is 7.09. The maximum absolute atomic E-state index is 13.3. The van der Waals surface area contributed by atoms with E-state index in [4.69, 9.17) is 9.47 Å². The fourth-order valence-corrected chi connectivity index (χ4v) is 5.02. The smallest absolute Gasteiger partial charge is 0.295 e. The summed E-state index contributed by atoms with van der Waals surface area (Å²) in [6, 6.07) is 26.4. The number of rotatable bonds is 7. The lowest BCUT2D eigenvalue weighted by Crippen LogP contribution is -2.28.